The predicted octanol–water partition coefficient (Wildman–Crippen LogP) is 2.62. The first-order chi connectivity index (χ1) is 13.1. The van der Waals surface area contributed by atoms with Gasteiger partial charge in [0.05, 0.1) is 12.3 Å². The summed E-state index contributed by atoms with van der Waals surface area (Å²) in [5, 5.41) is 7.22. The minimum atomic E-state index is -0.180. The lowest BCUT2D eigenvalue weighted by Gasteiger charge is -2.15. The highest BCUT2D eigenvalue weighted by atomic mass is 16.5. The van der Waals surface area contributed by atoms with E-state index >= 15 is 0 Å². The molecule has 4 rings (SSSR count). The second-order valence-corrected chi connectivity index (χ2v) is 7.22. The molecule has 1 amide bonds. The Morgan fingerprint density at radius 3 is 3.07 bits per heavy atom. The first-order valence-corrected chi connectivity index (χ1v) is 9.31. The van der Waals surface area contributed by atoms with E-state index in [0.717, 1.165) is 24.3 Å². The number of benzene rings is 1. The molecule has 0 fully saturated rings. The molecular weight excluding hydrogens is 342 g/mol. The Bertz CT molecular complexity index is 966. The molecule has 1 aliphatic rings. The van der Waals surface area contributed by atoms with Gasteiger partial charge in [-0.1, -0.05) is 32.0 Å². The third kappa shape index (κ3) is 3.63. The molecule has 1 atom stereocenters. The van der Waals surface area contributed by atoms with Crippen LogP contribution >= 0.6 is 0 Å². The van der Waals surface area contributed by atoms with Gasteiger partial charge in [-0.15, -0.1) is 0 Å². The van der Waals surface area contributed by atoms with Crippen molar-refractivity contribution < 1.29 is 9.53 Å². The molecule has 0 aliphatic carbocycles. The van der Waals surface area contributed by atoms with Crippen molar-refractivity contribution in [2.75, 3.05) is 13.2 Å². The molecule has 0 bridgehead atoms. The lowest BCUT2D eigenvalue weighted by Crippen LogP contribution is -2.31. The topological polar surface area (TPSA) is 81.4 Å². The molecule has 1 aliphatic heterocycles. The summed E-state index contributed by atoms with van der Waals surface area (Å²) < 4.78 is 7.49. The van der Waals surface area contributed by atoms with E-state index in [0.29, 0.717) is 30.5 Å². The summed E-state index contributed by atoms with van der Waals surface area (Å²) in [6, 6.07) is 9.90. The standard InChI is InChI=1S/C20H23N5O2/c1-13(2)17-10-16(24-20-22-12-23-25(17)20)19(26)21-11-14-7-8-27-18-6-4-3-5-15(18)9-14/h3-6,10,12-14H,7-9,11H2,1-2H3,(H,21,26). The smallest absolute Gasteiger partial charge is 0.270 e. The Balaban J connectivity index is 1.47. The number of rotatable bonds is 4. The summed E-state index contributed by atoms with van der Waals surface area (Å²) in [6.45, 7) is 5.37. The predicted molar refractivity (Wildman–Crippen MR) is 101 cm³/mol. The van der Waals surface area contributed by atoms with Crippen molar-refractivity contribution in [3.63, 3.8) is 0 Å². The van der Waals surface area contributed by atoms with Gasteiger partial charge in [0.2, 0.25) is 0 Å². The van der Waals surface area contributed by atoms with Gasteiger partial charge in [-0.05, 0) is 42.4 Å². The van der Waals surface area contributed by atoms with Crippen LogP contribution in [0.5, 0.6) is 5.75 Å². The van der Waals surface area contributed by atoms with E-state index in [4.69, 9.17) is 4.74 Å². The Morgan fingerprint density at radius 2 is 2.22 bits per heavy atom. The zero-order chi connectivity index (χ0) is 18.8. The van der Waals surface area contributed by atoms with Crippen molar-refractivity contribution in [3.8, 4) is 5.75 Å². The number of fused-ring (bicyclic) bond motifs is 2. The molecule has 1 N–H and O–H groups in total. The van der Waals surface area contributed by atoms with Crippen LogP contribution < -0.4 is 10.1 Å². The first kappa shape index (κ1) is 17.5. The molecule has 2 aromatic heterocycles. The Labute approximate surface area is 157 Å². The summed E-state index contributed by atoms with van der Waals surface area (Å²) in [5.41, 5.74) is 2.49. The summed E-state index contributed by atoms with van der Waals surface area (Å²) >= 11 is 0. The van der Waals surface area contributed by atoms with E-state index in [9.17, 15) is 4.79 Å². The van der Waals surface area contributed by atoms with E-state index in [1.807, 2.05) is 18.2 Å². The van der Waals surface area contributed by atoms with Gasteiger partial charge in [-0.25, -0.2) is 9.50 Å². The number of ether oxygens (including phenoxy) is 1. The maximum atomic E-state index is 12.7. The molecule has 0 saturated heterocycles. The Hall–Kier alpha value is -2.96. The van der Waals surface area contributed by atoms with E-state index < -0.39 is 0 Å². The summed E-state index contributed by atoms with van der Waals surface area (Å²) in [6.07, 6.45) is 3.26. The van der Waals surface area contributed by atoms with Crippen molar-refractivity contribution >= 4 is 11.7 Å². The number of hydrogen-bond acceptors (Lipinski definition) is 5. The van der Waals surface area contributed by atoms with Crippen LogP contribution in [0.2, 0.25) is 0 Å². The van der Waals surface area contributed by atoms with Gasteiger partial charge < -0.3 is 10.1 Å². The quantitative estimate of drug-likeness (QED) is 0.769. The molecule has 3 heterocycles. The second kappa shape index (κ2) is 7.34. The van der Waals surface area contributed by atoms with Crippen LogP contribution in [-0.2, 0) is 6.42 Å². The minimum Gasteiger partial charge on any atom is -0.493 e. The van der Waals surface area contributed by atoms with Crippen molar-refractivity contribution in [2.24, 2.45) is 5.92 Å². The van der Waals surface area contributed by atoms with Gasteiger partial charge in [0.25, 0.3) is 11.7 Å². The summed E-state index contributed by atoms with van der Waals surface area (Å²) in [4.78, 5) is 21.2. The van der Waals surface area contributed by atoms with Gasteiger partial charge >= 0.3 is 0 Å². The van der Waals surface area contributed by atoms with Crippen LogP contribution in [0.25, 0.3) is 5.78 Å². The van der Waals surface area contributed by atoms with Gasteiger partial charge in [0.15, 0.2) is 0 Å². The summed E-state index contributed by atoms with van der Waals surface area (Å²) in [7, 11) is 0. The van der Waals surface area contributed by atoms with Gasteiger partial charge in [0.1, 0.15) is 17.8 Å². The number of amides is 1. The molecule has 1 aromatic carbocycles. The Kier molecular flexibility index (Phi) is 4.75. The molecule has 0 radical (unpaired) electrons. The molecule has 7 nitrogen and oxygen atoms in total. The fourth-order valence-electron chi connectivity index (χ4n) is 3.43. The average Bonchev–Trinajstić information content (AvgIpc) is 3.04. The zero-order valence-electron chi connectivity index (χ0n) is 15.6. The lowest BCUT2D eigenvalue weighted by molar-refractivity contribution is 0.0940. The highest BCUT2D eigenvalue weighted by Crippen LogP contribution is 2.26. The molecule has 0 spiro atoms. The van der Waals surface area contributed by atoms with Crippen molar-refractivity contribution in [2.45, 2.75) is 32.6 Å². The highest BCUT2D eigenvalue weighted by molar-refractivity contribution is 5.92. The number of carbonyl (C=O) groups is 1. The average molecular weight is 365 g/mol. The van der Waals surface area contributed by atoms with Gasteiger partial charge in [0, 0.05) is 6.54 Å². The maximum Gasteiger partial charge on any atom is 0.270 e. The fraction of sp³-hybridized carbons (Fsp3) is 0.400. The Morgan fingerprint density at radius 1 is 1.37 bits per heavy atom. The van der Waals surface area contributed by atoms with Crippen molar-refractivity contribution in [3.05, 3.63) is 53.6 Å². The molecule has 1 unspecified atom stereocenters. The number of nitrogens with one attached hydrogen (secondary N) is 1. The minimum absolute atomic E-state index is 0.180. The SMILES string of the molecule is CC(C)c1cc(C(=O)NCC2CCOc3ccccc3C2)nc2ncnn12. The lowest BCUT2D eigenvalue weighted by atomic mass is 9.97. The number of aromatic nitrogens is 4. The van der Waals surface area contributed by atoms with Crippen LogP contribution in [-0.4, -0.2) is 38.6 Å². The maximum absolute atomic E-state index is 12.7. The number of carbonyl (C=O) groups excluding carboxylic acids is 1. The number of para-hydroxylation sites is 1. The first-order valence-electron chi connectivity index (χ1n) is 9.31. The van der Waals surface area contributed by atoms with Crippen LogP contribution in [0.1, 0.15) is 47.9 Å². The molecule has 0 saturated carbocycles. The van der Waals surface area contributed by atoms with Crippen LogP contribution in [0, 0.1) is 5.92 Å². The van der Waals surface area contributed by atoms with Gasteiger partial charge in [-0.3, -0.25) is 4.79 Å². The van der Waals surface area contributed by atoms with Gasteiger partial charge in [-0.2, -0.15) is 10.1 Å². The number of hydrogen-bond donors (Lipinski definition) is 1. The monoisotopic (exact) mass is 365 g/mol. The second-order valence-electron chi connectivity index (χ2n) is 7.22. The van der Waals surface area contributed by atoms with Crippen LogP contribution in [0.15, 0.2) is 36.7 Å². The van der Waals surface area contributed by atoms with Crippen LogP contribution in [0.3, 0.4) is 0 Å². The molecule has 27 heavy (non-hydrogen) atoms. The van der Waals surface area contributed by atoms with Crippen molar-refractivity contribution in [1.82, 2.24) is 24.9 Å². The molecular formula is C20H23N5O2. The van der Waals surface area contributed by atoms with E-state index in [-0.39, 0.29) is 11.8 Å². The normalized spacial score (nSPS) is 16.6. The third-order valence-electron chi connectivity index (χ3n) is 4.92. The van der Waals surface area contributed by atoms with Crippen LogP contribution in [0.4, 0.5) is 0 Å². The fourth-order valence-corrected chi connectivity index (χ4v) is 3.43. The molecule has 7 heteroatoms. The highest BCUT2D eigenvalue weighted by Gasteiger charge is 2.20. The van der Waals surface area contributed by atoms with E-state index in [1.165, 1.54) is 11.9 Å². The molecule has 140 valence electrons. The number of nitrogens with zero attached hydrogens (tertiary/aromatic N) is 4. The molecule has 3 aromatic rings. The van der Waals surface area contributed by atoms with E-state index in [2.05, 4.69) is 40.3 Å². The van der Waals surface area contributed by atoms with E-state index in [1.54, 1.807) is 10.6 Å². The summed E-state index contributed by atoms with van der Waals surface area (Å²) in [5.74, 6) is 1.76. The zero-order valence-corrected chi connectivity index (χ0v) is 15.6. The third-order valence-corrected chi connectivity index (χ3v) is 4.92. The van der Waals surface area contributed by atoms with Crippen molar-refractivity contribution in [1.29, 1.82) is 0 Å². The largest absolute Gasteiger partial charge is 0.493 e.